The third-order valence-corrected chi connectivity index (χ3v) is 5.49. The molecule has 0 spiro atoms. The van der Waals surface area contributed by atoms with E-state index in [1.165, 1.54) is 19.2 Å². The highest BCUT2D eigenvalue weighted by atomic mass is 32.1. The van der Waals surface area contributed by atoms with Gasteiger partial charge in [0.1, 0.15) is 5.82 Å². The van der Waals surface area contributed by atoms with Crippen LogP contribution >= 0.6 is 11.3 Å². The molecule has 0 atom stereocenters. The molecule has 0 unspecified atom stereocenters. The summed E-state index contributed by atoms with van der Waals surface area (Å²) in [7, 11) is 0. The highest BCUT2D eigenvalue weighted by Crippen LogP contribution is 2.39. The quantitative estimate of drug-likeness (QED) is 0.604. The minimum atomic E-state index is -4.65. The average molecular weight is 465 g/mol. The number of anilines is 3. The van der Waals surface area contributed by atoms with Crippen LogP contribution in [-0.4, -0.2) is 52.1 Å². The first-order valence-electron chi connectivity index (χ1n) is 9.49. The molecule has 13 heteroatoms. The summed E-state index contributed by atoms with van der Waals surface area (Å²) in [6, 6.07) is 2.23. The first-order chi connectivity index (χ1) is 15.2. The summed E-state index contributed by atoms with van der Waals surface area (Å²) >= 11 is 1.15. The van der Waals surface area contributed by atoms with Crippen LogP contribution in [0, 0.1) is 0 Å². The molecule has 0 radical (unpaired) electrons. The Kier molecular flexibility index (Phi) is 5.93. The van der Waals surface area contributed by atoms with Crippen LogP contribution in [0.25, 0.3) is 21.8 Å². The predicted octanol–water partition coefficient (Wildman–Crippen LogP) is 3.06. The normalized spacial score (nSPS) is 14.4. The van der Waals surface area contributed by atoms with Gasteiger partial charge in [0, 0.05) is 38.0 Å². The van der Waals surface area contributed by atoms with E-state index in [9.17, 15) is 18.0 Å². The van der Waals surface area contributed by atoms with Crippen molar-refractivity contribution in [2.24, 2.45) is 0 Å². The molecule has 3 N–H and O–H groups in total. The van der Waals surface area contributed by atoms with E-state index in [0.717, 1.165) is 23.6 Å². The maximum Gasteiger partial charge on any atom is 0.417 e. The Morgan fingerprint density at radius 1 is 1.16 bits per heavy atom. The molecule has 1 saturated heterocycles. The lowest BCUT2D eigenvalue weighted by atomic mass is 10.1. The van der Waals surface area contributed by atoms with Gasteiger partial charge in [-0.2, -0.15) is 13.2 Å². The molecule has 4 rings (SSSR count). The van der Waals surface area contributed by atoms with Gasteiger partial charge in [-0.15, -0.1) is 0 Å². The molecular weight excluding hydrogens is 447 g/mol. The second-order valence-electron chi connectivity index (χ2n) is 6.90. The van der Waals surface area contributed by atoms with Crippen molar-refractivity contribution in [3.8, 4) is 21.8 Å². The van der Waals surface area contributed by atoms with Crippen molar-refractivity contribution in [2.75, 3.05) is 42.3 Å². The number of amides is 1. The van der Waals surface area contributed by atoms with Gasteiger partial charge in [0.05, 0.1) is 35.0 Å². The topological polar surface area (TPSA) is 119 Å². The van der Waals surface area contributed by atoms with Crippen LogP contribution in [0.15, 0.2) is 24.5 Å². The fraction of sp³-hybridized carbons (Fsp3) is 0.316. The van der Waals surface area contributed by atoms with Gasteiger partial charge in [0.15, 0.2) is 5.13 Å². The summed E-state index contributed by atoms with van der Waals surface area (Å²) in [5, 5.41) is 2.93. The maximum atomic E-state index is 13.7. The summed E-state index contributed by atoms with van der Waals surface area (Å²) in [6.07, 6.45) is -2.10. The Bertz CT molecular complexity index is 1150. The number of carbonyl (C=O) groups is 1. The van der Waals surface area contributed by atoms with Crippen LogP contribution < -0.4 is 16.0 Å². The molecule has 1 aliphatic heterocycles. The standard InChI is InChI=1S/C19H18F3N7O2S/c1-10(30)26-18-25-9-15(32-18)14-7-13(27-17(28-14)29-2-4-31-5-3-29)11-8-24-16(23)6-12(11)19(20,21)22/h6-9H,2-5H2,1H3,(H2,23,24)(H,25,26,30). The molecule has 168 valence electrons. The first-order valence-corrected chi connectivity index (χ1v) is 10.3. The minimum Gasteiger partial charge on any atom is -0.384 e. The van der Waals surface area contributed by atoms with Crippen LogP contribution in [0.1, 0.15) is 12.5 Å². The fourth-order valence-corrected chi connectivity index (χ4v) is 3.94. The van der Waals surface area contributed by atoms with Gasteiger partial charge in [-0.05, 0) is 12.1 Å². The zero-order valence-electron chi connectivity index (χ0n) is 16.8. The molecule has 0 bridgehead atoms. The van der Waals surface area contributed by atoms with Gasteiger partial charge in [0.2, 0.25) is 11.9 Å². The van der Waals surface area contributed by atoms with E-state index in [1.807, 2.05) is 4.90 Å². The van der Waals surface area contributed by atoms with Gasteiger partial charge >= 0.3 is 6.18 Å². The van der Waals surface area contributed by atoms with E-state index in [2.05, 4.69) is 25.3 Å². The summed E-state index contributed by atoms with van der Waals surface area (Å²) in [6.45, 7) is 3.25. The van der Waals surface area contributed by atoms with E-state index in [1.54, 1.807) is 0 Å². The molecule has 1 amide bonds. The van der Waals surface area contributed by atoms with Crippen molar-refractivity contribution >= 4 is 34.1 Å². The van der Waals surface area contributed by atoms with E-state index in [-0.39, 0.29) is 28.9 Å². The highest BCUT2D eigenvalue weighted by molar-refractivity contribution is 7.19. The molecule has 0 aromatic carbocycles. The molecule has 4 heterocycles. The summed E-state index contributed by atoms with van der Waals surface area (Å²) in [5.41, 5.74) is 4.77. The van der Waals surface area contributed by atoms with Crippen molar-refractivity contribution in [3.05, 3.63) is 30.1 Å². The third-order valence-electron chi connectivity index (χ3n) is 4.56. The highest BCUT2D eigenvalue weighted by Gasteiger charge is 2.35. The van der Waals surface area contributed by atoms with Crippen molar-refractivity contribution in [2.45, 2.75) is 13.1 Å². The third kappa shape index (κ3) is 4.78. The fourth-order valence-electron chi connectivity index (χ4n) is 3.11. The molecule has 3 aromatic heterocycles. The number of carbonyl (C=O) groups excluding carboxylic acids is 1. The number of hydrogen-bond donors (Lipinski definition) is 2. The number of morpholine rings is 1. The second-order valence-corrected chi connectivity index (χ2v) is 7.93. The van der Waals surface area contributed by atoms with Crippen molar-refractivity contribution in [3.63, 3.8) is 0 Å². The van der Waals surface area contributed by atoms with E-state index in [4.69, 9.17) is 10.5 Å². The van der Waals surface area contributed by atoms with E-state index >= 15 is 0 Å². The van der Waals surface area contributed by atoms with Gasteiger partial charge in [-0.3, -0.25) is 4.79 Å². The Balaban J connectivity index is 1.85. The number of alkyl halides is 3. The Hall–Kier alpha value is -3.32. The van der Waals surface area contributed by atoms with Crippen LogP contribution in [0.3, 0.4) is 0 Å². The lowest BCUT2D eigenvalue weighted by molar-refractivity contribution is -0.137. The number of ether oxygens (including phenoxy) is 1. The smallest absolute Gasteiger partial charge is 0.384 e. The Morgan fingerprint density at radius 3 is 2.56 bits per heavy atom. The molecule has 32 heavy (non-hydrogen) atoms. The number of hydrogen-bond acceptors (Lipinski definition) is 9. The zero-order chi connectivity index (χ0) is 22.9. The monoisotopic (exact) mass is 465 g/mol. The predicted molar refractivity (Wildman–Crippen MR) is 113 cm³/mol. The summed E-state index contributed by atoms with van der Waals surface area (Å²) in [5.74, 6) is -0.266. The van der Waals surface area contributed by atoms with Crippen molar-refractivity contribution in [1.82, 2.24) is 19.9 Å². The maximum absolute atomic E-state index is 13.7. The number of nitrogens with one attached hydrogen (secondary N) is 1. The van der Waals surface area contributed by atoms with Crippen LogP contribution in [0.5, 0.6) is 0 Å². The van der Waals surface area contributed by atoms with Crippen molar-refractivity contribution in [1.29, 1.82) is 0 Å². The average Bonchev–Trinajstić information content (AvgIpc) is 3.21. The molecule has 1 fully saturated rings. The van der Waals surface area contributed by atoms with Gasteiger partial charge in [-0.25, -0.2) is 19.9 Å². The molecule has 0 aliphatic carbocycles. The number of nitrogens with two attached hydrogens (primary N) is 1. The lowest BCUT2D eigenvalue weighted by Gasteiger charge is -2.27. The number of rotatable bonds is 4. The Morgan fingerprint density at radius 2 is 1.88 bits per heavy atom. The van der Waals surface area contributed by atoms with E-state index in [0.29, 0.717) is 42.0 Å². The van der Waals surface area contributed by atoms with E-state index < -0.39 is 11.7 Å². The van der Waals surface area contributed by atoms with Crippen LogP contribution in [0.4, 0.5) is 30.1 Å². The largest absolute Gasteiger partial charge is 0.417 e. The van der Waals surface area contributed by atoms with Crippen LogP contribution in [0.2, 0.25) is 0 Å². The number of aromatic nitrogens is 4. The van der Waals surface area contributed by atoms with Crippen LogP contribution in [-0.2, 0) is 15.7 Å². The number of nitrogens with zero attached hydrogens (tertiary/aromatic N) is 5. The molecule has 3 aromatic rings. The molecule has 0 saturated carbocycles. The van der Waals surface area contributed by atoms with Gasteiger partial charge in [0.25, 0.3) is 0 Å². The molecular formula is C19H18F3N7O2S. The SMILES string of the molecule is CC(=O)Nc1ncc(-c2cc(-c3cnc(N)cc3C(F)(F)F)nc(N3CCOCC3)n2)s1. The zero-order valence-corrected chi connectivity index (χ0v) is 17.6. The number of nitrogen functional groups attached to an aromatic ring is 1. The number of thiazole rings is 1. The Labute approximate surface area is 184 Å². The first kappa shape index (κ1) is 21.9. The number of halogens is 3. The second kappa shape index (κ2) is 8.67. The van der Waals surface area contributed by atoms with Gasteiger partial charge in [-0.1, -0.05) is 11.3 Å². The number of pyridine rings is 1. The molecule has 1 aliphatic rings. The van der Waals surface area contributed by atoms with Crippen molar-refractivity contribution < 1.29 is 22.7 Å². The summed E-state index contributed by atoms with van der Waals surface area (Å²) in [4.78, 5) is 30.6. The molecule has 9 nitrogen and oxygen atoms in total. The minimum absolute atomic E-state index is 0.0470. The lowest BCUT2D eigenvalue weighted by Crippen LogP contribution is -2.37. The van der Waals surface area contributed by atoms with Gasteiger partial charge < -0.3 is 20.7 Å². The summed E-state index contributed by atoms with van der Waals surface area (Å²) < 4.78 is 46.5.